The number of nitrogens with one attached hydrogen (secondary N) is 2. The average molecular weight is 211 g/mol. The predicted octanol–water partition coefficient (Wildman–Crippen LogP) is 1.43. The van der Waals surface area contributed by atoms with Crippen LogP contribution in [0.15, 0.2) is 18.2 Å². The molecule has 0 atom stereocenters. The Labute approximate surface area is 87.7 Å². The summed E-state index contributed by atoms with van der Waals surface area (Å²) in [6, 6.07) is 3.75. The number of urea groups is 1. The van der Waals surface area contributed by atoms with Crippen LogP contribution in [-0.2, 0) is 6.54 Å². The fourth-order valence-corrected chi connectivity index (χ4v) is 1.17. The zero-order valence-electron chi connectivity index (χ0n) is 8.51. The lowest BCUT2D eigenvalue weighted by Gasteiger charge is -2.10. The van der Waals surface area contributed by atoms with Crippen LogP contribution in [0.25, 0.3) is 0 Å². The van der Waals surface area contributed by atoms with Crippen LogP contribution in [-0.4, -0.2) is 12.6 Å². The van der Waals surface area contributed by atoms with Crippen molar-refractivity contribution in [2.75, 3.05) is 11.9 Å². The van der Waals surface area contributed by atoms with Crippen LogP contribution < -0.4 is 16.4 Å². The van der Waals surface area contributed by atoms with Crippen LogP contribution >= 0.6 is 0 Å². The minimum absolute atomic E-state index is 0.252. The summed E-state index contributed by atoms with van der Waals surface area (Å²) in [5.74, 6) is -0.404. The number of amides is 2. The van der Waals surface area contributed by atoms with Gasteiger partial charge in [0, 0.05) is 18.8 Å². The summed E-state index contributed by atoms with van der Waals surface area (Å²) in [7, 11) is 0. The van der Waals surface area contributed by atoms with Crippen molar-refractivity contribution in [3.05, 3.63) is 29.6 Å². The van der Waals surface area contributed by atoms with Gasteiger partial charge in [-0.1, -0.05) is 6.07 Å². The molecular weight excluding hydrogens is 197 g/mol. The lowest BCUT2D eigenvalue weighted by Crippen LogP contribution is -2.28. The van der Waals surface area contributed by atoms with Crippen molar-refractivity contribution < 1.29 is 9.18 Å². The van der Waals surface area contributed by atoms with Gasteiger partial charge in [-0.05, 0) is 24.6 Å². The van der Waals surface area contributed by atoms with Crippen molar-refractivity contribution >= 4 is 11.7 Å². The molecule has 0 fully saturated rings. The molecule has 15 heavy (non-hydrogen) atoms. The van der Waals surface area contributed by atoms with Gasteiger partial charge >= 0.3 is 6.03 Å². The molecule has 0 aromatic heterocycles. The van der Waals surface area contributed by atoms with Crippen molar-refractivity contribution in [3.63, 3.8) is 0 Å². The van der Waals surface area contributed by atoms with Gasteiger partial charge in [0.2, 0.25) is 0 Å². The van der Waals surface area contributed by atoms with Crippen molar-refractivity contribution in [2.45, 2.75) is 13.5 Å². The van der Waals surface area contributed by atoms with Gasteiger partial charge in [0.25, 0.3) is 0 Å². The van der Waals surface area contributed by atoms with E-state index in [0.717, 1.165) is 0 Å². The smallest absolute Gasteiger partial charge is 0.319 e. The van der Waals surface area contributed by atoms with E-state index in [0.29, 0.717) is 17.8 Å². The molecule has 4 nitrogen and oxygen atoms in total. The number of benzene rings is 1. The molecule has 0 radical (unpaired) electrons. The number of carbonyl (C=O) groups is 1. The first-order valence-corrected chi connectivity index (χ1v) is 4.70. The highest BCUT2D eigenvalue weighted by Crippen LogP contribution is 2.16. The van der Waals surface area contributed by atoms with E-state index in [1.807, 2.05) is 0 Å². The van der Waals surface area contributed by atoms with E-state index < -0.39 is 5.82 Å². The van der Waals surface area contributed by atoms with Gasteiger partial charge < -0.3 is 16.4 Å². The second-order valence-corrected chi connectivity index (χ2v) is 2.99. The number of hydrogen-bond donors (Lipinski definition) is 3. The second-order valence-electron chi connectivity index (χ2n) is 2.99. The predicted molar refractivity (Wildman–Crippen MR) is 57.0 cm³/mol. The number of halogens is 1. The zero-order chi connectivity index (χ0) is 11.3. The molecule has 1 aromatic rings. The molecule has 0 bridgehead atoms. The minimum Gasteiger partial charge on any atom is -0.338 e. The molecule has 0 unspecified atom stereocenters. The highest BCUT2D eigenvalue weighted by atomic mass is 19.1. The van der Waals surface area contributed by atoms with Crippen molar-refractivity contribution in [3.8, 4) is 0 Å². The van der Waals surface area contributed by atoms with Crippen LogP contribution in [0.5, 0.6) is 0 Å². The Balaban J connectivity index is 2.82. The molecule has 0 spiro atoms. The highest BCUT2D eigenvalue weighted by Gasteiger charge is 2.05. The van der Waals surface area contributed by atoms with E-state index in [2.05, 4.69) is 10.6 Å². The Morgan fingerprint density at radius 3 is 2.87 bits per heavy atom. The number of carbonyl (C=O) groups excluding carboxylic acids is 1. The Bertz CT molecular complexity index is 355. The summed E-state index contributed by atoms with van der Waals surface area (Å²) >= 11 is 0. The highest BCUT2D eigenvalue weighted by molar-refractivity contribution is 5.90. The van der Waals surface area contributed by atoms with E-state index in [-0.39, 0.29) is 12.6 Å². The van der Waals surface area contributed by atoms with Crippen molar-refractivity contribution in [1.82, 2.24) is 5.32 Å². The van der Waals surface area contributed by atoms with Crippen molar-refractivity contribution in [1.29, 1.82) is 0 Å². The van der Waals surface area contributed by atoms with Gasteiger partial charge in [-0.25, -0.2) is 9.18 Å². The molecular formula is C10H14FN3O. The fourth-order valence-electron chi connectivity index (χ4n) is 1.17. The Morgan fingerprint density at radius 2 is 2.27 bits per heavy atom. The lowest BCUT2D eigenvalue weighted by atomic mass is 10.2. The third kappa shape index (κ3) is 3.21. The van der Waals surface area contributed by atoms with Gasteiger partial charge in [-0.15, -0.1) is 0 Å². The second kappa shape index (κ2) is 5.31. The molecule has 0 aliphatic heterocycles. The standard InChI is InChI=1S/C10H14FN3O/c1-2-13-10(15)14-9-5-8(11)4-3-7(9)6-12/h3-5H,2,6,12H2,1H3,(H2,13,14,15). The number of rotatable bonds is 3. The van der Waals surface area contributed by atoms with E-state index in [1.54, 1.807) is 13.0 Å². The molecule has 0 heterocycles. The van der Waals surface area contributed by atoms with E-state index in [1.165, 1.54) is 12.1 Å². The molecule has 0 aliphatic carbocycles. The average Bonchev–Trinajstić information content (AvgIpc) is 2.18. The van der Waals surface area contributed by atoms with Gasteiger partial charge in [-0.3, -0.25) is 0 Å². The quantitative estimate of drug-likeness (QED) is 0.708. The largest absolute Gasteiger partial charge is 0.338 e. The van der Waals surface area contributed by atoms with Crippen LogP contribution in [0.3, 0.4) is 0 Å². The van der Waals surface area contributed by atoms with Crippen LogP contribution in [0.1, 0.15) is 12.5 Å². The molecule has 0 aliphatic rings. The summed E-state index contributed by atoms with van der Waals surface area (Å²) in [6.07, 6.45) is 0. The SMILES string of the molecule is CCNC(=O)Nc1cc(F)ccc1CN. The molecule has 1 rings (SSSR count). The Morgan fingerprint density at radius 1 is 1.53 bits per heavy atom. The Hall–Kier alpha value is -1.62. The van der Waals surface area contributed by atoms with Crippen LogP contribution in [0.2, 0.25) is 0 Å². The number of hydrogen-bond acceptors (Lipinski definition) is 2. The molecule has 0 saturated carbocycles. The summed E-state index contributed by atoms with van der Waals surface area (Å²) < 4.78 is 12.9. The van der Waals surface area contributed by atoms with Crippen LogP contribution in [0.4, 0.5) is 14.9 Å². The summed E-state index contributed by atoms with van der Waals surface area (Å²) in [5, 5.41) is 5.08. The number of nitrogens with two attached hydrogens (primary N) is 1. The summed E-state index contributed by atoms with van der Waals surface area (Å²) in [4.78, 5) is 11.2. The minimum atomic E-state index is -0.404. The van der Waals surface area contributed by atoms with E-state index in [4.69, 9.17) is 5.73 Å². The first-order valence-electron chi connectivity index (χ1n) is 4.70. The first-order chi connectivity index (χ1) is 7.17. The third-order valence-electron chi connectivity index (χ3n) is 1.88. The number of anilines is 1. The molecule has 82 valence electrons. The van der Waals surface area contributed by atoms with Gasteiger partial charge in [0.15, 0.2) is 0 Å². The summed E-state index contributed by atoms with van der Waals surface area (Å²) in [6.45, 7) is 2.57. The maximum Gasteiger partial charge on any atom is 0.319 e. The molecule has 1 aromatic carbocycles. The van der Waals surface area contributed by atoms with Gasteiger partial charge in [0.1, 0.15) is 5.82 Å². The monoisotopic (exact) mass is 211 g/mol. The zero-order valence-corrected chi connectivity index (χ0v) is 8.51. The van der Waals surface area contributed by atoms with E-state index >= 15 is 0 Å². The topological polar surface area (TPSA) is 67.2 Å². The first kappa shape index (κ1) is 11.5. The maximum atomic E-state index is 12.9. The fraction of sp³-hybridized carbons (Fsp3) is 0.300. The van der Waals surface area contributed by atoms with Crippen LogP contribution in [0, 0.1) is 5.82 Å². The molecule has 4 N–H and O–H groups in total. The lowest BCUT2D eigenvalue weighted by molar-refractivity contribution is 0.252. The maximum absolute atomic E-state index is 12.9. The molecule has 0 saturated heterocycles. The van der Waals surface area contributed by atoms with E-state index in [9.17, 15) is 9.18 Å². The normalized spacial score (nSPS) is 9.80. The molecule has 2 amide bonds. The molecule has 5 heteroatoms. The van der Waals surface area contributed by atoms with Gasteiger partial charge in [0.05, 0.1) is 0 Å². The van der Waals surface area contributed by atoms with Gasteiger partial charge in [-0.2, -0.15) is 0 Å². The third-order valence-corrected chi connectivity index (χ3v) is 1.88. The van der Waals surface area contributed by atoms with Crippen molar-refractivity contribution in [2.24, 2.45) is 5.73 Å². The Kier molecular flexibility index (Phi) is 4.05. The summed E-state index contributed by atoms with van der Waals surface area (Å²) in [5.41, 5.74) is 6.56.